The number of benzene rings is 1. The molecule has 2 rings (SSSR count). The predicted octanol–water partition coefficient (Wildman–Crippen LogP) is 2.23. The molecule has 0 aliphatic rings. The second-order valence-corrected chi connectivity index (χ2v) is 4.43. The van der Waals surface area contributed by atoms with Crippen molar-refractivity contribution in [3.8, 4) is 0 Å². The van der Waals surface area contributed by atoms with Crippen molar-refractivity contribution in [3.63, 3.8) is 0 Å². The van der Waals surface area contributed by atoms with Crippen molar-refractivity contribution in [2.24, 2.45) is 0 Å². The lowest BCUT2D eigenvalue weighted by Gasteiger charge is -2.18. The van der Waals surface area contributed by atoms with E-state index in [9.17, 15) is 18.0 Å². The summed E-state index contributed by atoms with van der Waals surface area (Å²) < 4.78 is 38.5. The molecule has 22 heavy (non-hydrogen) atoms. The maximum Gasteiger partial charge on any atom is 0.416 e. The van der Waals surface area contributed by atoms with Crippen LogP contribution in [-0.2, 0) is 6.18 Å². The van der Waals surface area contributed by atoms with E-state index in [1.807, 2.05) is 0 Å². The van der Waals surface area contributed by atoms with Crippen LogP contribution in [0.4, 0.5) is 18.0 Å². The molecule has 1 aromatic heterocycles. The van der Waals surface area contributed by atoms with Gasteiger partial charge in [0.15, 0.2) is 5.82 Å². The van der Waals surface area contributed by atoms with Crippen LogP contribution < -0.4 is 10.6 Å². The summed E-state index contributed by atoms with van der Waals surface area (Å²) in [4.78, 5) is 15.6. The standard InChI is InChI=1S/C13H14F3N5O/c1-2-17-12(22)20-10(11-18-7-19-21-11)8-4-3-5-9(6-8)13(14,15)16/h3-7,10H,2H2,1H3,(H2,17,20,22)(H,18,19,21)/t10-/m1/s1. The molecule has 0 fully saturated rings. The number of aromatic nitrogens is 3. The van der Waals surface area contributed by atoms with E-state index in [-0.39, 0.29) is 11.4 Å². The molecule has 9 heteroatoms. The second kappa shape index (κ2) is 6.46. The molecule has 0 radical (unpaired) electrons. The average Bonchev–Trinajstić information content (AvgIpc) is 2.98. The van der Waals surface area contributed by atoms with Crippen LogP contribution in [0.1, 0.15) is 29.9 Å². The van der Waals surface area contributed by atoms with E-state index in [0.29, 0.717) is 6.54 Å². The van der Waals surface area contributed by atoms with Gasteiger partial charge < -0.3 is 10.6 Å². The Morgan fingerprint density at radius 3 is 2.77 bits per heavy atom. The van der Waals surface area contributed by atoms with Gasteiger partial charge in [0, 0.05) is 6.54 Å². The minimum atomic E-state index is -4.46. The first kappa shape index (κ1) is 15.8. The van der Waals surface area contributed by atoms with Crippen molar-refractivity contribution in [1.29, 1.82) is 0 Å². The summed E-state index contributed by atoms with van der Waals surface area (Å²) in [5.41, 5.74) is -0.551. The number of rotatable bonds is 4. The summed E-state index contributed by atoms with van der Waals surface area (Å²) in [5.74, 6) is 0.241. The minimum Gasteiger partial charge on any atom is -0.338 e. The molecule has 0 aliphatic carbocycles. The number of halogens is 3. The number of nitrogens with zero attached hydrogens (tertiary/aromatic N) is 2. The minimum absolute atomic E-state index is 0.241. The third-order valence-corrected chi connectivity index (χ3v) is 2.87. The van der Waals surface area contributed by atoms with Crippen LogP contribution in [-0.4, -0.2) is 27.8 Å². The van der Waals surface area contributed by atoms with E-state index in [4.69, 9.17) is 0 Å². The van der Waals surface area contributed by atoms with Gasteiger partial charge in [-0.1, -0.05) is 12.1 Å². The first-order valence-electron chi connectivity index (χ1n) is 6.48. The summed E-state index contributed by atoms with van der Waals surface area (Å²) in [5, 5.41) is 11.3. The zero-order valence-corrected chi connectivity index (χ0v) is 11.6. The first-order valence-corrected chi connectivity index (χ1v) is 6.48. The van der Waals surface area contributed by atoms with Gasteiger partial charge in [-0.15, -0.1) is 0 Å². The molecule has 6 nitrogen and oxygen atoms in total. The molecule has 118 valence electrons. The van der Waals surface area contributed by atoms with Gasteiger partial charge in [-0.2, -0.15) is 18.3 Å². The molecule has 0 saturated carbocycles. The monoisotopic (exact) mass is 313 g/mol. The van der Waals surface area contributed by atoms with Crippen molar-refractivity contribution in [1.82, 2.24) is 25.8 Å². The summed E-state index contributed by atoms with van der Waals surface area (Å²) in [6.07, 6.45) is -3.25. The van der Waals surface area contributed by atoms with Gasteiger partial charge in [0.05, 0.1) is 5.56 Å². The lowest BCUT2D eigenvalue weighted by molar-refractivity contribution is -0.137. The number of hydrogen-bond acceptors (Lipinski definition) is 3. The van der Waals surface area contributed by atoms with Crippen LogP contribution in [0.3, 0.4) is 0 Å². The molecule has 0 unspecified atom stereocenters. The van der Waals surface area contributed by atoms with Crippen LogP contribution in [0.15, 0.2) is 30.6 Å². The SMILES string of the molecule is CCNC(=O)N[C@H](c1cccc(C(F)(F)F)c1)c1ncn[nH]1. The lowest BCUT2D eigenvalue weighted by atomic mass is 10.0. The number of amides is 2. The third kappa shape index (κ3) is 3.74. The molecule has 3 N–H and O–H groups in total. The van der Waals surface area contributed by atoms with Crippen molar-refractivity contribution < 1.29 is 18.0 Å². The maximum absolute atomic E-state index is 12.8. The quantitative estimate of drug-likeness (QED) is 0.809. The summed E-state index contributed by atoms with van der Waals surface area (Å²) >= 11 is 0. The smallest absolute Gasteiger partial charge is 0.338 e. The van der Waals surface area contributed by atoms with Gasteiger partial charge >= 0.3 is 12.2 Å². The number of hydrogen-bond donors (Lipinski definition) is 3. The van der Waals surface area contributed by atoms with Crippen LogP contribution in [0.5, 0.6) is 0 Å². The number of nitrogens with one attached hydrogen (secondary N) is 3. The van der Waals surface area contributed by atoms with Crippen molar-refractivity contribution >= 4 is 6.03 Å². The van der Waals surface area contributed by atoms with Crippen LogP contribution in [0.25, 0.3) is 0 Å². The predicted molar refractivity (Wildman–Crippen MR) is 71.9 cm³/mol. The molecule has 1 atom stereocenters. The highest BCUT2D eigenvalue weighted by atomic mass is 19.4. The Balaban J connectivity index is 2.35. The highest BCUT2D eigenvalue weighted by Gasteiger charge is 2.31. The van der Waals surface area contributed by atoms with Crippen LogP contribution in [0.2, 0.25) is 0 Å². The number of alkyl halides is 3. The number of H-pyrrole nitrogens is 1. The topological polar surface area (TPSA) is 82.7 Å². The molecule has 2 aromatic rings. The van der Waals surface area contributed by atoms with Gasteiger partial charge in [-0.3, -0.25) is 5.10 Å². The molecular weight excluding hydrogens is 299 g/mol. The number of carbonyl (C=O) groups is 1. The second-order valence-electron chi connectivity index (χ2n) is 4.43. The van der Waals surface area contributed by atoms with E-state index >= 15 is 0 Å². The number of urea groups is 1. The summed E-state index contributed by atoms with van der Waals surface area (Å²) in [6, 6.07) is 3.32. The first-order chi connectivity index (χ1) is 10.4. The van der Waals surface area contributed by atoms with Gasteiger partial charge in [0.2, 0.25) is 0 Å². The molecule has 0 bridgehead atoms. The normalized spacial score (nSPS) is 12.7. The van der Waals surface area contributed by atoms with Crippen LogP contribution >= 0.6 is 0 Å². The highest BCUT2D eigenvalue weighted by Crippen LogP contribution is 2.31. The molecular formula is C13H14F3N5O. The molecule has 0 spiro atoms. The largest absolute Gasteiger partial charge is 0.416 e. The van der Waals surface area contributed by atoms with Gasteiger partial charge in [0.25, 0.3) is 0 Å². The molecule has 1 heterocycles. The van der Waals surface area contributed by atoms with Crippen molar-refractivity contribution in [3.05, 3.63) is 47.5 Å². The maximum atomic E-state index is 12.8. The Morgan fingerprint density at radius 2 is 2.18 bits per heavy atom. The molecule has 2 amide bonds. The summed E-state index contributed by atoms with van der Waals surface area (Å²) in [6.45, 7) is 2.12. The van der Waals surface area contributed by atoms with E-state index in [2.05, 4.69) is 25.8 Å². The average molecular weight is 313 g/mol. The van der Waals surface area contributed by atoms with Gasteiger partial charge in [-0.25, -0.2) is 9.78 Å². The van der Waals surface area contributed by atoms with E-state index in [1.165, 1.54) is 18.5 Å². The molecule has 0 aliphatic heterocycles. The van der Waals surface area contributed by atoms with Crippen molar-refractivity contribution in [2.75, 3.05) is 6.54 Å². The Morgan fingerprint density at radius 1 is 1.41 bits per heavy atom. The molecule has 1 aromatic carbocycles. The number of aromatic amines is 1. The fourth-order valence-corrected chi connectivity index (χ4v) is 1.90. The van der Waals surface area contributed by atoms with Gasteiger partial charge in [-0.05, 0) is 24.6 Å². The Bertz CT molecular complexity index is 627. The molecule has 0 saturated heterocycles. The Labute approximate surface area is 124 Å². The zero-order valence-electron chi connectivity index (χ0n) is 11.6. The summed E-state index contributed by atoms with van der Waals surface area (Å²) in [7, 11) is 0. The zero-order chi connectivity index (χ0) is 16.2. The fraction of sp³-hybridized carbons (Fsp3) is 0.308. The lowest BCUT2D eigenvalue weighted by Crippen LogP contribution is -2.38. The van der Waals surface area contributed by atoms with Crippen LogP contribution in [0, 0.1) is 0 Å². The fourth-order valence-electron chi connectivity index (χ4n) is 1.90. The Hall–Kier alpha value is -2.58. The Kier molecular flexibility index (Phi) is 4.64. The van der Waals surface area contributed by atoms with E-state index < -0.39 is 23.8 Å². The highest BCUT2D eigenvalue weighted by molar-refractivity contribution is 5.74. The van der Waals surface area contributed by atoms with E-state index in [1.54, 1.807) is 6.92 Å². The van der Waals surface area contributed by atoms with Gasteiger partial charge in [0.1, 0.15) is 12.4 Å². The van der Waals surface area contributed by atoms with E-state index in [0.717, 1.165) is 12.1 Å². The third-order valence-electron chi connectivity index (χ3n) is 2.87. The van der Waals surface area contributed by atoms with Crippen molar-refractivity contribution in [2.45, 2.75) is 19.1 Å². The number of carbonyl (C=O) groups excluding carboxylic acids is 1.